The van der Waals surface area contributed by atoms with Gasteiger partial charge in [-0.3, -0.25) is 4.90 Å². The maximum atomic E-state index is 5.76. The minimum absolute atomic E-state index is 0.467. The number of nitrogens with zero attached hydrogens (tertiary/aromatic N) is 1. The monoisotopic (exact) mass is 168 g/mol. The Morgan fingerprint density at radius 3 is 2.33 bits per heavy atom. The van der Waals surface area contributed by atoms with Crippen molar-refractivity contribution in [1.82, 2.24) is 4.90 Å². The molecule has 70 valence electrons. The molecule has 1 saturated carbocycles. The molecule has 1 heterocycles. The minimum atomic E-state index is 0.467. The molecule has 1 unspecified atom stereocenters. The minimum Gasteiger partial charge on any atom is -0.325 e. The Labute approximate surface area is 75.1 Å². The molecule has 2 rings (SSSR count). The van der Waals surface area contributed by atoms with E-state index in [0.717, 1.165) is 25.0 Å². The van der Waals surface area contributed by atoms with Gasteiger partial charge in [-0.2, -0.15) is 0 Å². The van der Waals surface area contributed by atoms with Crippen LogP contribution >= 0.6 is 0 Å². The Hall–Kier alpha value is -0.0800. The van der Waals surface area contributed by atoms with Gasteiger partial charge in [-0.25, -0.2) is 0 Å². The molecule has 1 aliphatic carbocycles. The lowest BCUT2D eigenvalue weighted by Crippen LogP contribution is -2.59. The van der Waals surface area contributed by atoms with E-state index in [1.54, 1.807) is 0 Å². The first-order chi connectivity index (χ1) is 5.77. The second-order valence-corrected chi connectivity index (χ2v) is 4.50. The summed E-state index contributed by atoms with van der Waals surface area (Å²) in [6, 6.07) is 1.26. The van der Waals surface area contributed by atoms with Gasteiger partial charge in [0, 0.05) is 25.2 Å². The lowest BCUT2D eigenvalue weighted by molar-refractivity contribution is 0.0705. The highest BCUT2D eigenvalue weighted by molar-refractivity contribution is 4.89. The summed E-state index contributed by atoms with van der Waals surface area (Å²) in [4.78, 5) is 2.54. The topological polar surface area (TPSA) is 29.3 Å². The van der Waals surface area contributed by atoms with Crippen molar-refractivity contribution < 1.29 is 0 Å². The first-order valence-corrected chi connectivity index (χ1v) is 5.27. The van der Waals surface area contributed by atoms with E-state index in [1.807, 2.05) is 0 Å². The summed E-state index contributed by atoms with van der Waals surface area (Å²) in [5.41, 5.74) is 5.76. The maximum Gasteiger partial charge on any atom is 0.0297 e. The third kappa shape index (κ3) is 1.50. The summed E-state index contributed by atoms with van der Waals surface area (Å²) < 4.78 is 0. The average molecular weight is 168 g/mol. The summed E-state index contributed by atoms with van der Waals surface area (Å²) in [6.07, 6.45) is 5.81. The van der Waals surface area contributed by atoms with Crippen LogP contribution in [-0.2, 0) is 0 Å². The fraction of sp³-hybridized carbons (Fsp3) is 1.00. The molecule has 2 N–H and O–H groups in total. The Bertz CT molecular complexity index is 146. The van der Waals surface area contributed by atoms with Crippen LogP contribution in [-0.4, -0.2) is 30.1 Å². The molecule has 12 heavy (non-hydrogen) atoms. The summed E-state index contributed by atoms with van der Waals surface area (Å²) in [6.45, 7) is 4.65. The Kier molecular flexibility index (Phi) is 2.37. The van der Waals surface area contributed by atoms with Crippen molar-refractivity contribution in [1.29, 1.82) is 0 Å². The van der Waals surface area contributed by atoms with Crippen molar-refractivity contribution in [2.24, 2.45) is 11.7 Å². The van der Waals surface area contributed by atoms with Gasteiger partial charge in [0.1, 0.15) is 0 Å². The van der Waals surface area contributed by atoms with Crippen molar-refractivity contribution >= 4 is 0 Å². The van der Waals surface area contributed by atoms with E-state index in [1.165, 1.54) is 25.7 Å². The largest absolute Gasteiger partial charge is 0.325 e. The van der Waals surface area contributed by atoms with Crippen LogP contribution in [0.5, 0.6) is 0 Å². The van der Waals surface area contributed by atoms with Gasteiger partial charge in [0.15, 0.2) is 0 Å². The second kappa shape index (κ2) is 3.35. The normalized spacial score (nSPS) is 30.5. The van der Waals surface area contributed by atoms with Gasteiger partial charge in [-0.05, 0) is 25.7 Å². The quantitative estimate of drug-likeness (QED) is 0.671. The maximum absolute atomic E-state index is 5.76. The van der Waals surface area contributed by atoms with E-state index in [4.69, 9.17) is 5.73 Å². The SMILES string of the molecule is CC(C1CCCC1)N1CC(N)C1. The molecule has 2 fully saturated rings. The van der Waals surface area contributed by atoms with Crippen molar-refractivity contribution in [2.45, 2.75) is 44.7 Å². The molecular weight excluding hydrogens is 148 g/mol. The first-order valence-electron chi connectivity index (χ1n) is 5.27. The van der Waals surface area contributed by atoms with Crippen LogP contribution in [0.25, 0.3) is 0 Å². The predicted molar refractivity (Wildman–Crippen MR) is 51.0 cm³/mol. The smallest absolute Gasteiger partial charge is 0.0297 e. The van der Waals surface area contributed by atoms with Gasteiger partial charge >= 0.3 is 0 Å². The van der Waals surface area contributed by atoms with Crippen molar-refractivity contribution in [2.75, 3.05) is 13.1 Å². The zero-order valence-electron chi connectivity index (χ0n) is 8.00. The highest BCUT2D eigenvalue weighted by Gasteiger charge is 2.32. The lowest BCUT2D eigenvalue weighted by atomic mass is 9.94. The zero-order valence-corrected chi connectivity index (χ0v) is 8.00. The van der Waals surface area contributed by atoms with Crippen LogP contribution in [0.2, 0.25) is 0 Å². The molecule has 2 nitrogen and oxygen atoms in total. The first kappa shape index (κ1) is 8.52. The summed E-state index contributed by atoms with van der Waals surface area (Å²) in [7, 11) is 0. The molecule has 2 heteroatoms. The third-order valence-corrected chi connectivity index (χ3v) is 3.60. The summed E-state index contributed by atoms with van der Waals surface area (Å²) >= 11 is 0. The molecule has 0 radical (unpaired) electrons. The molecule has 0 aromatic carbocycles. The Morgan fingerprint density at radius 1 is 1.25 bits per heavy atom. The van der Waals surface area contributed by atoms with Gasteiger partial charge < -0.3 is 5.73 Å². The number of hydrogen-bond donors (Lipinski definition) is 1. The Balaban J connectivity index is 1.79. The van der Waals surface area contributed by atoms with Crippen molar-refractivity contribution in [3.05, 3.63) is 0 Å². The molecule has 0 aromatic rings. The molecule has 0 bridgehead atoms. The van der Waals surface area contributed by atoms with Crippen LogP contribution in [0.3, 0.4) is 0 Å². The third-order valence-electron chi connectivity index (χ3n) is 3.60. The van der Waals surface area contributed by atoms with Crippen LogP contribution in [0, 0.1) is 5.92 Å². The number of likely N-dealkylation sites (tertiary alicyclic amines) is 1. The molecule has 1 aliphatic heterocycles. The van der Waals surface area contributed by atoms with E-state index in [2.05, 4.69) is 11.8 Å². The van der Waals surface area contributed by atoms with Gasteiger partial charge in [-0.15, -0.1) is 0 Å². The molecule has 1 saturated heterocycles. The summed E-state index contributed by atoms with van der Waals surface area (Å²) in [5.74, 6) is 0.970. The van der Waals surface area contributed by atoms with E-state index in [0.29, 0.717) is 6.04 Å². The molecule has 0 amide bonds. The van der Waals surface area contributed by atoms with Gasteiger partial charge in [0.25, 0.3) is 0 Å². The summed E-state index contributed by atoms with van der Waals surface area (Å²) in [5, 5.41) is 0. The van der Waals surface area contributed by atoms with E-state index >= 15 is 0 Å². The number of nitrogens with two attached hydrogens (primary N) is 1. The molecule has 1 atom stereocenters. The fourth-order valence-electron chi connectivity index (χ4n) is 2.62. The molecule has 0 aromatic heterocycles. The fourth-order valence-corrected chi connectivity index (χ4v) is 2.62. The highest BCUT2D eigenvalue weighted by atomic mass is 15.2. The Morgan fingerprint density at radius 2 is 1.83 bits per heavy atom. The lowest BCUT2D eigenvalue weighted by Gasteiger charge is -2.43. The van der Waals surface area contributed by atoms with E-state index in [9.17, 15) is 0 Å². The molecule has 2 aliphatic rings. The standard InChI is InChI=1S/C10H20N2/c1-8(9-4-2-3-5-9)12-6-10(11)7-12/h8-10H,2-7,11H2,1H3. The van der Waals surface area contributed by atoms with Gasteiger partial charge in [0.05, 0.1) is 0 Å². The van der Waals surface area contributed by atoms with Crippen LogP contribution in [0.1, 0.15) is 32.6 Å². The van der Waals surface area contributed by atoms with E-state index in [-0.39, 0.29) is 0 Å². The predicted octanol–water partition coefficient (Wildman–Crippen LogP) is 1.21. The zero-order chi connectivity index (χ0) is 8.55. The van der Waals surface area contributed by atoms with Gasteiger partial charge in [0.2, 0.25) is 0 Å². The number of hydrogen-bond acceptors (Lipinski definition) is 2. The molecular formula is C10H20N2. The van der Waals surface area contributed by atoms with Crippen molar-refractivity contribution in [3.8, 4) is 0 Å². The highest BCUT2D eigenvalue weighted by Crippen LogP contribution is 2.31. The van der Waals surface area contributed by atoms with E-state index < -0.39 is 0 Å². The average Bonchev–Trinajstić information content (AvgIpc) is 2.49. The number of rotatable bonds is 2. The van der Waals surface area contributed by atoms with Gasteiger partial charge in [-0.1, -0.05) is 12.8 Å². The van der Waals surface area contributed by atoms with Crippen LogP contribution in [0.4, 0.5) is 0 Å². The second-order valence-electron chi connectivity index (χ2n) is 4.50. The van der Waals surface area contributed by atoms with Crippen LogP contribution < -0.4 is 5.73 Å². The van der Waals surface area contributed by atoms with Crippen molar-refractivity contribution in [3.63, 3.8) is 0 Å². The molecule has 0 spiro atoms. The van der Waals surface area contributed by atoms with Crippen LogP contribution in [0.15, 0.2) is 0 Å².